The van der Waals surface area contributed by atoms with Crippen LogP contribution in [0.2, 0.25) is 0 Å². The van der Waals surface area contributed by atoms with Gasteiger partial charge in [0.15, 0.2) is 5.78 Å². The van der Waals surface area contributed by atoms with Gasteiger partial charge < -0.3 is 4.74 Å². The minimum atomic E-state index is -0.627. The molecule has 0 saturated heterocycles. The van der Waals surface area contributed by atoms with E-state index in [1.807, 2.05) is 0 Å². The standard InChI is InChI=1S/C9H10O4/c1-3-7(10)5-8(11)6-9(12)13-4-2/h1H,4-6H2,2H3. The molecule has 0 atom stereocenters. The van der Waals surface area contributed by atoms with E-state index in [4.69, 9.17) is 6.42 Å². The molecule has 0 fully saturated rings. The molecule has 0 amide bonds. The molecular formula is C9H10O4. The van der Waals surface area contributed by atoms with Crippen LogP contribution in [0.25, 0.3) is 0 Å². The van der Waals surface area contributed by atoms with Gasteiger partial charge in [0.05, 0.1) is 13.0 Å². The van der Waals surface area contributed by atoms with E-state index in [2.05, 4.69) is 4.74 Å². The normalized spacial score (nSPS) is 8.62. The second-order valence-corrected chi connectivity index (χ2v) is 2.26. The molecule has 0 radical (unpaired) electrons. The van der Waals surface area contributed by atoms with E-state index in [-0.39, 0.29) is 13.0 Å². The molecule has 0 saturated carbocycles. The van der Waals surface area contributed by atoms with Crippen LogP contribution in [0.15, 0.2) is 0 Å². The number of Topliss-reactive ketones (excluding diaryl/α,β-unsaturated/α-hetero) is 2. The Labute approximate surface area is 76.3 Å². The predicted octanol–water partition coefficient (Wildman–Crippen LogP) is 0.101. The smallest absolute Gasteiger partial charge is 0.313 e. The Kier molecular flexibility index (Phi) is 5.20. The number of terminal acetylenes is 1. The fourth-order valence-corrected chi connectivity index (χ4v) is 0.666. The Morgan fingerprint density at radius 1 is 1.31 bits per heavy atom. The molecule has 0 aromatic rings. The average molecular weight is 182 g/mol. The summed E-state index contributed by atoms with van der Waals surface area (Å²) in [6.45, 7) is 1.85. The minimum absolute atomic E-state index is 0.217. The lowest BCUT2D eigenvalue weighted by Gasteiger charge is -1.98. The van der Waals surface area contributed by atoms with E-state index < -0.39 is 24.0 Å². The van der Waals surface area contributed by atoms with Crippen LogP contribution < -0.4 is 0 Å². The number of hydrogen-bond acceptors (Lipinski definition) is 4. The fraction of sp³-hybridized carbons (Fsp3) is 0.444. The number of carbonyl (C=O) groups is 3. The lowest BCUT2D eigenvalue weighted by Crippen LogP contribution is -2.13. The molecule has 0 aliphatic rings. The van der Waals surface area contributed by atoms with Crippen molar-refractivity contribution in [3.05, 3.63) is 0 Å². The number of ketones is 2. The summed E-state index contributed by atoms with van der Waals surface area (Å²) in [4.78, 5) is 32.2. The molecule has 0 aliphatic heterocycles. The van der Waals surface area contributed by atoms with E-state index in [0.717, 1.165) is 0 Å². The molecule has 0 bridgehead atoms. The Morgan fingerprint density at radius 2 is 1.92 bits per heavy atom. The first-order valence-corrected chi connectivity index (χ1v) is 3.77. The van der Waals surface area contributed by atoms with Gasteiger partial charge in [-0.2, -0.15) is 0 Å². The number of carbonyl (C=O) groups excluding carboxylic acids is 3. The van der Waals surface area contributed by atoms with Gasteiger partial charge >= 0.3 is 5.97 Å². The first-order valence-electron chi connectivity index (χ1n) is 3.77. The van der Waals surface area contributed by atoms with Crippen molar-refractivity contribution in [2.24, 2.45) is 0 Å². The van der Waals surface area contributed by atoms with E-state index in [1.165, 1.54) is 0 Å². The lowest BCUT2D eigenvalue weighted by atomic mass is 10.1. The first kappa shape index (κ1) is 11.4. The van der Waals surface area contributed by atoms with Gasteiger partial charge in [-0.05, 0) is 12.8 Å². The van der Waals surface area contributed by atoms with Crippen LogP contribution in [0.4, 0.5) is 0 Å². The van der Waals surface area contributed by atoms with Crippen LogP contribution in [0.1, 0.15) is 19.8 Å². The molecule has 0 aromatic carbocycles. The highest BCUT2D eigenvalue weighted by Gasteiger charge is 2.12. The van der Waals surface area contributed by atoms with E-state index in [9.17, 15) is 14.4 Å². The van der Waals surface area contributed by atoms with Crippen molar-refractivity contribution in [2.45, 2.75) is 19.8 Å². The average Bonchev–Trinajstić information content (AvgIpc) is 2.04. The van der Waals surface area contributed by atoms with Crippen LogP contribution in [0, 0.1) is 12.3 Å². The van der Waals surface area contributed by atoms with Crippen molar-refractivity contribution in [2.75, 3.05) is 6.61 Å². The van der Waals surface area contributed by atoms with Crippen LogP contribution >= 0.6 is 0 Å². The van der Waals surface area contributed by atoms with Gasteiger partial charge in [-0.1, -0.05) is 0 Å². The summed E-state index contributed by atoms with van der Waals surface area (Å²) in [7, 11) is 0. The van der Waals surface area contributed by atoms with Crippen molar-refractivity contribution in [1.82, 2.24) is 0 Å². The van der Waals surface area contributed by atoms with Crippen molar-refractivity contribution in [3.63, 3.8) is 0 Å². The van der Waals surface area contributed by atoms with Crippen molar-refractivity contribution in [1.29, 1.82) is 0 Å². The molecule has 13 heavy (non-hydrogen) atoms. The molecule has 4 nitrogen and oxygen atoms in total. The quantitative estimate of drug-likeness (QED) is 0.262. The number of esters is 1. The third-order valence-electron chi connectivity index (χ3n) is 1.17. The molecule has 0 unspecified atom stereocenters. The number of hydrogen-bond donors (Lipinski definition) is 0. The fourth-order valence-electron chi connectivity index (χ4n) is 0.666. The Morgan fingerprint density at radius 3 is 2.38 bits per heavy atom. The van der Waals surface area contributed by atoms with Crippen molar-refractivity contribution >= 4 is 17.5 Å². The number of rotatable bonds is 5. The summed E-state index contributed by atoms with van der Waals surface area (Å²) >= 11 is 0. The summed E-state index contributed by atoms with van der Waals surface area (Å²) in [5, 5.41) is 0. The molecule has 0 rings (SSSR count). The van der Waals surface area contributed by atoms with Gasteiger partial charge in [0.25, 0.3) is 0 Å². The highest BCUT2D eigenvalue weighted by molar-refractivity contribution is 6.11. The molecule has 0 heterocycles. The maximum absolute atomic E-state index is 10.9. The molecule has 0 spiro atoms. The zero-order valence-corrected chi connectivity index (χ0v) is 7.33. The molecule has 70 valence electrons. The maximum atomic E-state index is 10.9. The Hall–Kier alpha value is -1.63. The van der Waals surface area contributed by atoms with Crippen LogP contribution in [0.3, 0.4) is 0 Å². The summed E-state index contributed by atoms with van der Waals surface area (Å²) in [6.07, 6.45) is 3.96. The van der Waals surface area contributed by atoms with Crippen LogP contribution in [-0.4, -0.2) is 24.1 Å². The predicted molar refractivity (Wildman–Crippen MR) is 44.7 cm³/mol. The van der Waals surface area contributed by atoms with E-state index >= 15 is 0 Å². The molecule has 0 aromatic heterocycles. The van der Waals surface area contributed by atoms with Gasteiger partial charge in [-0.15, -0.1) is 6.42 Å². The van der Waals surface area contributed by atoms with Crippen molar-refractivity contribution < 1.29 is 19.1 Å². The molecular weight excluding hydrogens is 172 g/mol. The van der Waals surface area contributed by atoms with E-state index in [0.29, 0.717) is 0 Å². The first-order chi connectivity index (χ1) is 6.10. The zero-order chi connectivity index (χ0) is 10.3. The lowest BCUT2D eigenvalue weighted by molar-refractivity contribution is -0.145. The molecule has 4 heteroatoms. The minimum Gasteiger partial charge on any atom is -0.466 e. The zero-order valence-electron chi connectivity index (χ0n) is 7.33. The van der Waals surface area contributed by atoms with Crippen LogP contribution in [-0.2, 0) is 19.1 Å². The van der Waals surface area contributed by atoms with E-state index in [1.54, 1.807) is 12.8 Å². The number of ether oxygens (including phenoxy) is 1. The van der Waals surface area contributed by atoms with Gasteiger partial charge in [0.2, 0.25) is 5.78 Å². The summed E-state index contributed by atoms with van der Waals surface area (Å²) in [5.41, 5.74) is 0. The Bertz CT molecular complexity index is 259. The SMILES string of the molecule is C#CC(=O)CC(=O)CC(=O)OCC. The summed E-state index contributed by atoms with van der Waals surface area (Å²) in [5.74, 6) is 0.0328. The maximum Gasteiger partial charge on any atom is 0.313 e. The second kappa shape index (κ2) is 5.95. The molecule has 0 aliphatic carbocycles. The highest BCUT2D eigenvalue weighted by Crippen LogP contribution is 1.93. The monoisotopic (exact) mass is 182 g/mol. The van der Waals surface area contributed by atoms with Gasteiger partial charge in [-0.25, -0.2) is 0 Å². The summed E-state index contributed by atoms with van der Waals surface area (Å²) < 4.78 is 4.51. The van der Waals surface area contributed by atoms with Crippen molar-refractivity contribution in [3.8, 4) is 12.3 Å². The molecule has 0 N–H and O–H groups in total. The second-order valence-electron chi connectivity index (χ2n) is 2.26. The highest BCUT2D eigenvalue weighted by atomic mass is 16.5. The Balaban J connectivity index is 3.82. The largest absolute Gasteiger partial charge is 0.466 e. The van der Waals surface area contributed by atoms with Gasteiger partial charge in [0, 0.05) is 0 Å². The third-order valence-corrected chi connectivity index (χ3v) is 1.17. The third kappa shape index (κ3) is 5.62. The van der Waals surface area contributed by atoms with Gasteiger partial charge in [0.1, 0.15) is 6.42 Å². The topological polar surface area (TPSA) is 60.4 Å². The summed E-state index contributed by atoms with van der Waals surface area (Å²) in [6, 6.07) is 0. The van der Waals surface area contributed by atoms with Gasteiger partial charge in [-0.3, -0.25) is 14.4 Å². The van der Waals surface area contributed by atoms with Crippen LogP contribution in [0.5, 0.6) is 0 Å².